The van der Waals surface area contributed by atoms with Crippen molar-refractivity contribution in [1.82, 2.24) is 20.2 Å². The van der Waals surface area contributed by atoms with Crippen LogP contribution in [0.2, 0.25) is 0 Å². The number of thiophene rings is 1. The van der Waals surface area contributed by atoms with Crippen LogP contribution in [0.25, 0.3) is 54.9 Å². The summed E-state index contributed by atoms with van der Waals surface area (Å²) in [5.74, 6) is 0.0925. The van der Waals surface area contributed by atoms with Crippen molar-refractivity contribution in [3.63, 3.8) is 0 Å². The minimum Gasteiger partial charge on any atom is -0.353 e. The van der Waals surface area contributed by atoms with Crippen LogP contribution in [0.4, 0.5) is 0 Å². The molecule has 6 heteroatoms. The largest absolute Gasteiger partial charge is 0.353 e. The van der Waals surface area contributed by atoms with E-state index in [2.05, 4.69) is 50.5 Å². The first-order chi connectivity index (χ1) is 15.7. The number of aromatic nitrogens is 4. The van der Waals surface area contributed by atoms with Crippen molar-refractivity contribution in [3.8, 4) is 33.1 Å². The summed E-state index contributed by atoms with van der Waals surface area (Å²) in [7, 11) is 0. The molecule has 0 spiro atoms. The summed E-state index contributed by atoms with van der Waals surface area (Å²) in [6, 6.07) is 24.4. The molecule has 0 amide bonds. The lowest BCUT2D eigenvalue weighted by molar-refractivity contribution is 0.102. The normalized spacial score (nSPS) is 11.4. The average Bonchev–Trinajstić information content (AvgIpc) is 3.56. The molecule has 6 rings (SSSR count). The van der Waals surface area contributed by atoms with E-state index < -0.39 is 0 Å². The van der Waals surface area contributed by atoms with Crippen molar-refractivity contribution in [1.29, 1.82) is 0 Å². The van der Waals surface area contributed by atoms with E-state index in [1.165, 1.54) is 11.3 Å². The Morgan fingerprint density at radius 2 is 1.84 bits per heavy atom. The second kappa shape index (κ2) is 7.28. The van der Waals surface area contributed by atoms with Gasteiger partial charge in [-0.05, 0) is 55.5 Å². The zero-order valence-corrected chi connectivity index (χ0v) is 18.0. The number of ketones is 1. The third kappa shape index (κ3) is 3.04. The summed E-state index contributed by atoms with van der Waals surface area (Å²) in [5.41, 5.74) is 6.91. The maximum atomic E-state index is 11.8. The highest BCUT2D eigenvalue weighted by Gasteiger charge is 2.15. The second-order valence-corrected chi connectivity index (χ2v) is 8.80. The van der Waals surface area contributed by atoms with Crippen LogP contribution in [-0.4, -0.2) is 25.9 Å². The molecule has 0 fully saturated rings. The zero-order valence-electron chi connectivity index (χ0n) is 17.2. The molecule has 0 saturated carbocycles. The van der Waals surface area contributed by atoms with Gasteiger partial charge in [0.1, 0.15) is 5.69 Å². The SMILES string of the molecule is CC(=O)c1ccc(-c2cccc3[nH]c(-c4n[nH]c5ccc(-c6ccccn6)cc45)cc23)s1. The van der Waals surface area contributed by atoms with Gasteiger partial charge in [0.25, 0.3) is 0 Å². The van der Waals surface area contributed by atoms with Gasteiger partial charge in [-0.25, -0.2) is 0 Å². The minimum atomic E-state index is 0.0925. The van der Waals surface area contributed by atoms with Gasteiger partial charge in [-0.3, -0.25) is 14.9 Å². The Hall–Kier alpha value is -4.03. The van der Waals surface area contributed by atoms with E-state index in [1.807, 2.05) is 42.5 Å². The van der Waals surface area contributed by atoms with Crippen LogP contribution in [0.3, 0.4) is 0 Å². The number of fused-ring (bicyclic) bond motifs is 2. The smallest absolute Gasteiger partial charge is 0.169 e. The van der Waals surface area contributed by atoms with Crippen LogP contribution in [0.1, 0.15) is 16.6 Å². The van der Waals surface area contributed by atoms with Gasteiger partial charge in [0.05, 0.1) is 21.8 Å². The van der Waals surface area contributed by atoms with E-state index in [4.69, 9.17) is 0 Å². The molecule has 0 aliphatic carbocycles. The molecule has 2 aromatic carbocycles. The monoisotopic (exact) mass is 434 g/mol. The number of aromatic amines is 2. The van der Waals surface area contributed by atoms with Crippen molar-refractivity contribution < 1.29 is 4.79 Å². The summed E-state index contributed by atoms with van der Waals surface area (Å²) in [6.07, 6.45) is 1.80. The average molecular weight is 435 g/mol. The summed E-state index contributed by atoms with van der Waals surface area (Å²) < 4.78 is 0. The fourth-order valence-corrected chi connectivity index (χ4v) is 5.02. The van der Waals surface area contributed by atoms with Crippen molar-refractivity contribution in [2.45, 2.75) is 6.92 Å². The van der Waals surface area contributed by atoms with E-state index in [-0.39, 0.29) is 5.78 Å². The van der Waals surface area contributed by atoms with Crippen molar-refractivity contribution in [2.24, 2.45) is 0 Å². The molecule has 32 heavy (non-hydrogen) atoms. The Labute approximate surface area is 187 Å². The minimum absolute atomic E-state index is 0.0925. The van der Waals surface area contributed by atoms with Gasteiger partial charge in [-0.1, -0.05) is 24.3 Å². The summed E-state index contributed by atoms with van der Waals surface area (Å²) >= 11 is 1.53. The Morgan fingerprint density at radius 1 is 0.906 bits per heavy atom. The molecule has 0 unspecified atom stereocenters. The van der Waals surface area contributed by atoms with Crippen LogP contribution >= 0.6 is 11.3 Å². The molecule has 0 radical (unpaired) electrons. The number of hydrogen-bond acceptors (Lipinski definition) is 4. The molecule has 0 aliphatic heterocycles. The molecule has 4 heterocycles. The summed E-state index contributed by atoms with van der Waals surface area (Å²) in [6.45, 7) is 1.60. The van der Waals surface area contributed by atoms with Crippen LogP contribution in [0.5, 0.6) is 0 Å². The molecule has 6 aromatic rings. The predicted molar refractivity (Wildman–Crippen MR) is 130 cm³/mol. The third-order valence-corrected chi connectivity index (χ3v) is 6.88. The van der Waals surface area contributed by atoms with E-state index in [9.17, 15) is 4.79 Å². The van der Waals surface area contributed by atoms with Gasteiger partial charge in [-0.15, -0.1) is 11.3 Å². The van der Waals surface area contributed by atoms with Gasteiger partial charge >= 0.3 is 0 Å². The number of pyridine rings is 1. The van der Waals surface area contributed by atoms with Gasteiger partial charge in [0.2, 0.25) is 0 Å². The van der Waals surface area contributed by atoms with Gasteiger partial charge in [-0.2, -0.15) is 5.10 Å². The first kappa shape index (κ1) is 18.7. The number of benzene rings is 2. The van der Waals surface area contributed by atoms with Crippen molar-refractivity contribution >= 4 is 38.9 Å². The van der Waals surface area contributed by atoms with E-state index in [1.54, 1.807) is 13.1 Å². The number of rotatable bonds is 4. The number of hydrogen-bond donors (Lipinski definition) is 2. The summed E-state index contributed by atoms with van der Waals surface area (Å²) in [5, 5.41) is 9.90. The van der Waals surface area contributed by atoms with Gasteiger partial charge in [0.15, 0.2) is 5.78 Å². The number of carbonyl (C=O) groups excluding carboxylic acids is 1. The highest BCUT2D eigenvalue weighted by Crippen LogP contribution is 2.37. The quantitative estimate of drug-likeness (QED) is 0.303. The Bertz CT molecular complexity index is 1610. The first-order valence-corrected chi connectivity index (χ1v) is 11.1. The standard InChI is InChI=1S/C26H18N4OS/c1-15(31)24-10-11-25(32-24)17-5-4-7-21-18(17)14-23(28-21)26-19-13-16(8-9-22(19)29-30-26)20-6-2-3-12-27-20/h2-14,28H,1H3,(H,29,30). The molecule has 0 atom stereocenters. The highest BCUT2D eigenvalue weighted by molar-refractivity contribution is 7.17. The van der Waals surface area contributed by atoms with Gasteiger partial charge in [0, 0.05) is 38.5 Å². The van der Waals surface area contributed by atoms with E-state index in [0.717, 1.165) is 59.8 Å². The van der Waals surface area contributed by atoms with Crippen LogP contribution in [-0.2, 0) is 0 Å². The van der Waals surface area contributed by atoms with Crippen molar-refractivity contribution in [2.75, 3.05) is 0 Å². The topological polar surface area (TPSA) is 74.4 Å². The molecule has 0 bridgehead atoms. The molecule has 0 saturated heterocycles. The number of Topliss-reactive ketones (excluding diaryl/α,β-unsaturated/α-hetero) is 1. The maximum absolute atomic E-state index is 11.8. The van der Waals surface area contributed by atoms with Crippen LogP contribution in [0, 0.1) is 0 Å². The molecule has 5 nitrogen and oxygen atoms in total. The summed E-state index contributed by atoms with van der Waals surface area (Å²) in [4.78, 5) is 21.6. The Kier molecular flexibility index (Phi) is 4.26. The molecule has 2 N–H and O–H groups in total. The number of H-pyrrole nitrogens is 2. The molecule has 154 valence electrons. The molecular formula is C26H18N4OS. The number of carbonyl (C=O) groups is 1. The Balaban J connectivity index is 1.49. The fraction of sp³-hybridized carbons (Fsp3) is 0.0385. The first-order valence-electron chi connectivity index (χ1n) is 10.3. The lowest BCUT2D eigenvalue weighted by atomic mass is 10.1. The Morgan fingerprint density at radius 3 is 2.66 bits per heavy atom. The number of nitrogens with zero attached hydrogens (tertiary/aromatic N) is 2. The van der Waals surface area contributed by atoms with Crippen molar-refractivity contribution in [3.05, 3.63) is 83.9 Å². The van der Waals surface area contributed by atoms with E-state index >= 15 is 0 Å². The van der Waals surface area contributed by atoms with E-state index in [0.29, 0.717) is 0 Å². The lowest BCUT2D eigenvalue weighted by Gasteiger charge is -2.01. The predicted octanol–water partition coefficient (Wildman–Crippen LogP) is 6.70. The molecular weight excluding hydrogens is 416 g/mol. The lowest BCUT2D eigenvalue weighted by Crippen LogP contribution is -1.83. The zero-order chi connectivity index (χ0) is 21.7. The third-order valence-electron chi connectivity index (χ3n) is 5.66. The second-order valence-electron chi connectivity index (χ2n) is 7.72. The maximum Gasteiger partial charge on any atom is 0.169 e. The molecule has 4 aromatic heterocycles. The fourth-order valence-electron chi connectivity index (χ4n) is 4.08. The van der Waals surface area contributed by atoms with Gasteiger partial charge < -0.3 is 4.98 Å². The van der Waals surface area contributed by atoms with Crippen LogP contribution < -0.4 is 0 Å². The van der Waals surface area contributed by atoms with Crippen LogP contribution in [0.15, 0.2) is 79.0 Å². The highest BCUT2D eigenvalue weighted by atomic mass is 32.1. The number of nitrogens with one attached hydrogen (secondary N) is 2. The molecule has 0 aliphatic rings.